The molecule has 0 aromatic carbocycles. The molecule has 5 heteroatoms. The summed E-state index contributed by atoms with van der Waals surface area (Å²) >= 11 is 6.08. The van der Waals surface area contributed by atoms with Crippen LogP contribution in [0.3, 0.4) is 0 Å². The summed E-state index contributed by atoms with van der Waals surface area (Å²) in [6.45, 7) is 4.90. The van der Waals surface area contributed by atoms with Crippen molar-refractivity contribution in [2.24, 2.45) is 0 Å². The maximum Gasteiger partial charge on any atom is 0.179 e. The monoisotopic (exact) mass is 262 g/mol. The Labute approximate surface area is 111 Å². The fourth-order valence-electron chi connectivity index (χ4n) is 1.47. The maximum atomic E-state index is 6.08. The van der Waals surface area contributed by atoms with Crippen LogP contribution in [0.5, 0.6) is 0 Å². The normalized spacial score (nSPS) is 10.9. The number of pyridine rings is 1. The van der Waals surface area contributed by atoms with Gasteiger partial charge in [0.1, 0.15) is 5.69 Å². The lowest BCUT2D eigenvalue weighted by Gasteiger charge is -2.08. The molecular weight excluding hydrogens is 248 g/mol. The van der Waals surface area contributed by atoms with Crippen molar-refractivity contribution in [3.8, 4) is 11.5 Å². The Balaban J connectivity index is 2.25. The van der Waals surface area contributed by atoms with E-state index in [4.69, 9.17) is 11.6 Å². The molecule has 2 aromatic rings. The van der Waals surface area contributed by atoms with E-state index in [-0.39, 0.29) is 0 Å². The zero-order chi connectivity index (χ0) is 13.0. The third-order valence-electron chi connectivity index (χ3n) is 2.37. The van der Waals surface area contributed by atoms with E-state index in [9.17, 15) is 0 Å². The van der Waals surface area contributed by atoms with Crippen LogP contribution in [0.4, 0.5) is 0 Å². The van der Waals surface area contributed by atoms with E-state index in [2.05, 4.69) is 34.1 Å². The van der Waals surface area contributed by atoms with Crippen molar-refractivity contribution in [3.05, 3.63) is 41.3 Å². The number of aromatic nitrogens is 3. The molecule has 0 amide bonds. The molecular formula is C13H15ClN4. The molecule has 0 bridgehead atoms. The lowest BCUT2D eigenvalue weighted by molar-refractivity contribution is 0.581. The van der Waals surface area contributed by atoms with E-state index in [0.29, 0.717) is 29.1 Å². The van der Waals surface area contributed by atoms with Gasteiger partial charge >= 0.3 is 0 Å². The maximum absolute atomic E-state index is 6.08. The third kappa shape index (κ3) is 3.24. The van der Waals surface area contributed by atoms with Gasteiger partial charge in [-0.05, 0) is 18.2 Å². The van der Waals surface area contributed by atoms with Gasteiger partial charge in [0.25, 0.3) is 0 Å². The van der Waals surface area contributed by atoms with E-state index in [0.717, 1.165) is 5.69 Å². The van der Waals surface area contributed by atoms with Crippen LogP contribution < -0.4 is 5.32 Å². The largest absolute Gasteiger partial charge is 0.309 e. The first-order valence-electron chi connectivity index (χ1n) is 5.83. The predicted molar refractivity (Wildman–Crippen MR) is 72.2 cm³/mol. The summed E-state index contributed by atoms with van der Waals surface area (Å²) < 4.78 is 0. The fraction of sp³-hybridized carbons (Fsp3) is 0.308. The van der Waals surface area contributed by atoms with Crippen molar-refractivity contribution in [2.45, 2.75) is 26.4 Å². The molecule has 2 heterocycles. The van der Waals surface area contributed by atoms with Gasteiger partial charge in [-0.15, -0.1) is 0 Å². The molecule has 0 spiro atoms. The molecule has 0 aliphatic carbocycles. The average Bonchev–Trinajstić information content (AvgIpc) is 2.37. The highest BCUT2D eigenvalue weighted by Crippen LogP contribution is 2.21. The topological polar surface area (TPSA) is 50.7 Å². The standard InChI is InChI=1S/C13H15ClN4/c1-9(2)17-8-10-5-7-16-13(18-10)12-11(14)4-3-6-15-12/h3-7,9,17H,8H2,1-2H3. The van der Waals surface area contributed by atoms with Gasteiger partial charge in [-0.25, -0.2) is 9.97 Å². The Morgan fingerprint density at radius 2 is 2.06 bits per heavy atom. The van der Waals surface area contributed by atoms with Gasteiger partial charge in [0.15, 0.2) is 5.82 Å². The van der Waals surface area contributed by atoms with Gasteiger partial charge in [-0.3, -0.25) is 4.98 Å². The van der Waals surface area contributed by atoms with Crippen molar-refractivity contribution < 1.29 is 0 Å². The van der Waals surface area contributed by atoms with Gasteiger partial charge in [-0.1, -0.05) is 25.4 Å². The Morgan fingerprint density at radius 3 is 2.78 bits per heavy atom. The quantitative estimate of drug-likeness (QED) is 0.920. The van der Waals surface area contributed by atoms with Crippen LogP contribution in [0.2, 0.25) is 5.02 Å². The van der Waals surface area contributed by atoms with Crippen LogP contribution in [0.25, 0.3) is 11.5 Å². The van der Waals surface area contributed by atoms with Crippen LogP contribution in [0.1, 0.15) is 19.5 Å². The van der Waals surface area contributed by atoms with E-state index in [1.165, 1.54) is 0 Å². The van der Waals surface area contributed by atoms with Crippen molar-refractivity contribution in [3.63, 3.8) is 0 Å². The number of rotatable bonds is 4. The van der Waals surface area contributed by atoms with Crippen LogP contribution in [-0.4, -0.2) is 21.0 Å². The molecule has 4 nitrogen and oxygen atoms in total. The molecule has 0 radical (unpaired) electrons. The van der Waals surface area contributed by atoms with Crippen LogP contribution in [0, 0.1) is 0 Å². The number of hydrogen-bond acceptors (Lipinski definition) is 4. The SMILES string of the molecule is CC(C)NCc1ccnc(-c2ncccc2Cl)n1. The van der Waals surface area contributed by atoms with E-state index >= 15 is 0 Å². The van der Waals surface area contributed by atoms with E-state index in [1.807, 2.05) is 6.07 Å². The second kappa shape index (κ2) is 5.89. The summed E-state index contributed by atoms with van der Waals surface area (Å²) in [5.74, 6) is 0.559. The highest BCUT2D eigenvalue weighted by Gasteiger charge is 2.08. The van der Waals surface area contributed by atoms with Gasteiger partial charge in [0.2, 0.25) is 0 Å². The van der Waals surface area contributed by atoms with E-state index in [1.54, 1.807) is 24.5 Å². The van der Waals surface area contributed by atoms with Crippen LogP contribution >= 0.6 is 11.6 Å². The lowest BCUT2D eigenvalue weighted by Crippen LogP contribution is -2.22. The number of halogens is 1. The summed E-state index contributed by atoms with van der Waals surface area (Å²) in [5, 5.41) is 3.87. The molecule has 0 saturated carbocycles. The second-order valence-corrected chi connectivity index (χ2v) is 4.65. The van der Waals surface area contributed by atoms with Crippen molar-refractivity contribution in [1.29, 1.82) is 0 Å². The molecule has 0 aliphatic heterocycles. The van der Waals surface area contributed by atoms with Crippen molar-refractivity contribution in [2.75, 3.05) is 0 Å². The van der Waals surface area contributed by atoms with E-state index < -0.39 is 0 Å². The molecule has 0 fully saturated rings. The minimum Gasteiger partial charge on any atom is -0.309 e. The molecule has 0 aliphatic rings. The summed E-state index contributed by atoms with van der Waals surface area (Å²) in [4.78, 5) is 12.9. The highest BCUT2D eigenvalue weighted by molar-refractivity contribution is 6.32. The Morgan fingerprint density at radius 1 is 1.22 bits per heavy atom. The number of nitrogens with zero attached hydrogens (tertiary/aromatic N) is 3. The molecule has 1 N–H and O–H groups in total. The van der Waals surface area contributed by atoms with Gasteiger partial charge in [0.05, 0.1) is 10.7 Å². The van der Waals surface area contributed by atoms with Crippen molar-refractivity contribution in [1.82, 2.24) is 20.3 Å². The zero-order valence-corrected chi connectivity index (χ0v) is 11.1. The molecule has 0 atom stereocenters. The fourth-order valence-corrected chi connectivity index (χ4v) is 1.67. The first kappa shape index (κ1) is 12.9. The Kier molecular flexibility index (Phi) is 4.23. The van der Waals surface area contributed by atoms with Crippen LogP contribution in [-0.2, 0) is 6.54 Å². The zero-order valence-electron chi connectivity index (χ0n) is 10.4. The lowest BCUT2D eigenvalue weighted by atomic mass is 10.3. The number of nitrogens with one attached hydrogen (secondary N) is 1. The molecule has 2 aromatic heterocycles. The third-order valence-corrected chi connectivity index (χ3v) is 2.68. The molecule has 0 saturated heterocycles. The first-order valence-corrected chi connectivity index (χ1v) is 6.21. The minimum absolute atomic E-state index is 0.418. The van der Waals surface area contributed by atoms with Crippen molar-refractivity contribution >= 4 is 11.6 Å². The minimum atomic E-state index is 0.418. The Hall–Kier alpha value is -1.52. The average molecular weight is 263 g/mol. The van der Waals surface area contributed by atoms with Gasteiger partial charge in [-0.2, -0.15) is 0 Å². The molecule has 18 heavy (non-hydrogen) atoms. The summed E-state index contributed by atoms with van der Waals surface area (Å²) in [6, 6.07) is 5.87. The number of hydrogen-bond donors (Lipinski definition) is 1. The molecule has 0 unspecified atom stereocenters. The second-order valence-electron chi connectivity index (χ2n) is 4.24. The first-order chi connectivity index (χ1) is 8.66. The summed E-state index contributed by atoms with van der Waals surface area (Å²) in [7, 11) is 0. The Bertz CT molecular complexity index is 528. The highest BCUT2D eigenvalue weighted by atomic mass is 35.5. The van der Waals surface area contributed by atoms with Gasteiger partial charge in [0, 0.05) is 25.0 Å². The van der Waals surface area contributed by atoms with Gasteiger partial charge < -0.3 is 5.32 Å². The smallest absolute Gasteiger partial charge is 0.179 e. The molecule has 94 valence electrons. The molecule has 2 rings (SSSR count). The van der Waals surface area contributed by atoms with Crippen LogP contribution in [0.15, 0.2) is 30.6 Å². The summed E-state index contributed by atoms with van der Waals surface area (Å²) in [6.07, 6.45) is 3.41. The summed E-state index contributed by atoms with van der Waals surface area (Å²) in [5.41, 5.74) is 1.54. The predicted octanol–water partition coefficient (Wildman–Crippen LogP) is 2.69.